The second-order valence-electron chi connectivity index (χ2n) is 4.32. The molecule has 0 saturated carbocycles. The van der Waals surface area contributed by atoms with Crippen molar-refractivity contribution in [3.8, 4) is 0 Å². The van der Waals surface area contributed by atoms with Crippen LogP contribution in [0, 0.1) is 0 Å². The zero-order valence-corrected chi connectivity index (χ0v) is 10.7. The molecule has 0 aliphatic carbocycles. The Kier molecular flexibility index (Phi) is 6.53. The average molecular weight is 269 g/mol. The third kappa shape index (κ3) is 7.77. The Balaban J connectivity index is 4.40. The Morgan fingerprint density at radius 3 is 2.22 bits per heavy atom. The summed E-state index contributed by atoms with van der Waals surface area (Å²) in [6.45, 7) is 1.11. The number of nitrogens with one attached hydrogen (secondary N) is 1. The van der Waals surface area contributed by atoms with Crippen LogP contribution in [-0.2, 0) is 19.0 Å². The molecule has 0 spiro atoms. The molecule has 6 nitrogen and oxygen atoms in total. The summed E-state index contributed by atoms with van der Waals surface area (Å²) in [5.74, 6) is -0.901. The normalized spacial score (nSPS) is 13.1. The summed E-state index contributed by atoms with van der Waals surface area (Å²) in [5, 5.41) is 2.09. The van der Waals surface area contributed by atoms with Gasteiger partial charge in [-0.05, 0) is 20.8 Å². The number of rotatable bonds is 5. The lowest BCUT2D eigenvalue weighted by Gasteiger charge is -2.22. The van der Waals surface area contributed by atoms with E-state index in [9.17, 15) is 18.4 Å². The highest BCUT2D eigenvalue weighted by Gasteiger charge is 2.26. The lowest BCUT2D eigenvalue weighted by Crippen LogP contribution is -2.46. The van der Waals surface area contributed by atoms with Crippen LogP contribution in [0.4, 0.5) is 13.6 Å². The van der Waals surface area contributed by atoms with Crippen molar-refractivity contribution in [3.63, 3.8) is 0 Å². The minimum atomic E-state index is -3.04. The van der Waals surface area contributed by atoms with Gasteiger partial charge >= 0.3 is 18.7 Å². The molecule has 0 aromatic heterocycles. The van der Waals surface area contributed by atoms with E-state index in [1.807, 2.05) is 0 Å². The van der Waals surface area contributed by atoms with Gasteiger partial charge in [0, 0.05) is 0 Å². The maximum atomic E-state index is 11.9. The molecule has 0 bridgehead atoms. The van der Waals surface area contributed by atoms with E-state index in [1.165, 1.54) is 0 Å². The van der Waals surface area contributed by atoms with Crippen molar-refractivity contribution in [1.29, 1.82) is 0 Å². The molecule has 1 unspecified atom stereocenters. The fraction of sp³-hybridized carbons (Fsp3) is 0.800. The van der Waals surface area contributed by atoms with Gasteiger partial charge in [-0.3, -0.25) is 0 Å². The van der Waals surface area contributed by atoms with Crippen molar-refractivity contribution in [3.05, 3.63) is 0 Å². The predicted molar refractivity (Wildman–Crippen MR) is 57.1 cm³/mol. The van der Waals surface area contributed by atoms with Crippen molar-refractivity contribution >= 4 is 12.1 Å². The first-order valence-electron chi connectivity index (χ1n) is 5.13. The van der Waals surface area contributed by atoms with Crippen LogP contribution < -0.4 is 5.32 Å². The summed E-state index contributed by atoms with van der Waals surface area (Å²) in [6.07, 6.45) is -0.921. The summed E-state index contributed by atoms with van der Waals surface area (Å²) >= 11 is 0. The van der Waals surface area contributed by atoms with Gasteiger partial charge in [0.15, 0.2) is 6.04 Å². The Hall–Kier alpha value is -1.44. The summed E-state index contributed by atoms with van der Waals surface area (Å²) in [4.78, 5) is 22.6. The van der Waals surface area contributed by atoms with Gasteiger partial charge in [0.25, 0.3) is 0 Å². The first kappa shape index (κ1) is 16.6. The zero-order valence-electron chi connectivity index (χ0n) is 10.7. The molecule has 18 heavy (non-hydrogen) atoms. The number of alkyl halides is 2. The van der Waals surface area contributed by atoms with E-state index >= 15 is 0 Å². The van der Waals surface area contributed by atoms with Gasteiger partial charge in [0.1, 0.15) is 5.60 Å². The molecule has 8 heteroatoms. The molecule has 0 saturated heterocycles. The third-order valence-corrected chi connectivity index (χ3v) is 1.57. The summed E-state index contributed by atoms with van der Waals surface area (Å²) < 4.78 is 36.9. The van der Waals surface area contributed by atoms with Gasteiger partial charge in [-0.15, -0.1) is 0 Å². The highest BCUT2D eigenvalue weighted by Crippen LogP contribution is 2.07. The molecule has 0 fully saturated rings. The Morgan fingerprint density at radius 2 is 1.83 bits per heavy atom. The highest BCUT2D eigenvalue weighted by atomic mass is 19.3. The molecule has 0 aromatic rings. The second-order valence-corrected chi connectivity index (χ2v) is 4.32. The van der Waals surface area contributed by atoms with Crippen LogP contribution in [0.25, 0.3) is 0 Å². The number of amides is 1. The molecule has 1 N–H and O–H groups in total. The largest absolute Gasteiger partial charge is 0.467 e. The van der Waals surface area contributed by atoms with Crippen LogP contribution in [0.3, 0.4) is 0 Å². The number of carbonyl (C=O) groups is 2. The number of hydrogen-bond acceptors (Lipinski definition) is 5. The number of ether oxygens (including phenoxy) is 3. The van der Waals surface area contributed by atoms with E-state index in [0.717, 1.165) is 7.11 Å². The monoisotopic (exact) mass is 269 g/mol. The smallest absolute Gasteiger partial charge is 0.408 e. The van der Waals surface area contributed by atoms with Crippen molar-refractivity contribution in [2.45, 2.75) is 39.0 Å². The van der Waals surface area contributed by atoms with Crippen LogP contribution in [-0.4, -0.2) is 44.0 Å². The Labute approximate surface area is 104 Å². The van der Waals surface area contributed by atoms with Gasteiger partial charge in [-0.1, -0.05) is 0 Å². The maximum Gasteiger partial charge on any atom is 0.408 e. The SMILES string of the molecule is COC(=O)C(COC(F)F)NC(=O)OC(C)(C)C. The zero-order chi connectivity index (χ0) is 14.3. The quantitative estimate of drug-likeness (QED) is 0.761. The number of hydrogen-bond donors (Lipinski definition) is 1. The number of carbonyl (C=O) groups excluding carboxylic acids is 2. The number of methoxy groups -OCH3 is 1. The van der Waals surface area contributed by atoms with Crippen molar-refractivity contribution in [2.24, 2.45) is 0 Å². The van der Waals surface area contributed by atoms with Gasteiger partial charge in [0.2, 0.25) is 0 Å². The molecule has 106 valence electrons. The van der Waals surface area contributed by atoms with Gasteiger partial charge in [-0.2, -0.15) is 8.78 Å². The molecular weight excluding hydrogens is 252 g/mol. The van der Waals surface area contributed by atoms with E-state index in [1.54, 1.807) is 20.8 Å². The van der Waals surface area contributed by atoms with Crippen LogP contribution in [0.15, 0.2) is 0 Å². The molecule has 0 heterocycles. The summed E-state index contributed by atoms with van der Waals surface area (Å²) in [6, 6.07) is -1.35. The van der Waals surface area contributed by atoms with Crippen molar-refractivity contribution < 1.29 is 32.6 Å². The van der Waals surface area contributed by atoms with E-state index in [-0.39, 0.29) is 0 Å². The van der Waals surface area contributed by atoms with Crippen LogP contribution in [0.1, 0.15) is 20.8 Å². The topological polar surface area (TPSA) is 73.9 Å². The molecule has 0 aliphatic heterocycles. The third-order valence-electron chi connectivity index (χ3n) is 1.57. The minimum absolute atomic E-state index is 0.705. The maximum absolute atomic E-state index is 11.9. The summed E-state index contributed by atoms with van der Waals surface area (Å²) in [7, 11) is 1.06. The lowest BCUT2D eigenvalue weighted by atomic mass is 10.2. The predicted octanol–water partition coefficient (Wildman–Crippen LogP) is 1.29. The van der Waals surface area contributed by atoms with E-state index in [2.05, 4.69) is 14.8 Å². The Morgan fingerprint density at radius 1 is 1.28 bits per heavy atom. The first-order chi connectivity index (χ1) is 8.15. The molecule has 0 radical (unpaired) electrons. The molecule has 1 atom stereocenters. The second kappa shape index (κ2) is 7.10. The minimum Gasteiger partial charge on any atom is -0.467 e. The van der Waals surface area contributed by atoms with E-state index < -0.39 is 36.9 Å². The fourth-order valence-corrected chi connectivity index (χ4v) is 0.930. The summed E-state index contributed by atoms with van der Waals surface area (Å²) in [5.41, 5.74) is -0.770. The average Bonchev–Trinajstić information content (AvgIpc) is 2.20. The molecular formula is C10H17F2NO5. The van der Waals surface area contributed by atoms with Gasteiger partial charge in [-0.25, -0.2) is 9.59 Å². The van der Waals surface area contributed by atoms with E-state index in [4.69, 9.17) is 4.74 Å². The van der Waals surface area contributed by atoms with Crippen LogP contribution >= 0.6 is 0 Å². The molecule has 1 amide bonds. The van der Waals surface area contributed by atoms with Gasteiger partial charge in [0.05, 0.1) is 13.7 Å². The molecule has 0 aliphatic rings. The number of halogens is 2. The highest BCUT2D eigenvalue weighted by molar-refractivity contribution is 5.81. The molecule has 0 rings (SSSR count). The first-order valence-corrected chi connectivity index (χ1v) is 5.13. The van der Waals surface area contributed by atoms with Crippen LogP contribution in [0.2, 0.25) is 0 Å². The standard InChI is InChI=1S/C10H17F2NO5/c1-10(2,3)18-9(15)13-6(7(14)16-4)5-17-8(11)12/h6,8H,5H2,1-4H3,(H,13,15). The van der Waals surface area contributed by atoms with Crippen molar-refractivity contribution in [1.82, 2.24) is 5.32 Å². The number of esters is 1. The van der Waals surface area contributed by atoms with E-state index in [0.29, 0.717) is 0 Å². The van der Waals surface area contributed by atoms with Crippen LogP contribution in [0.5, 0.6) is 0 Å². The molecule has 0 aromatic carbocycles. The fourth-order valence-electron chi connectivity index (χ4n) is 0.930. The van der Waals surface area contributed by atoms with Crippen molar-refractivity contribution in [2.75, 3.05) is 13.7 Å². The Bertz CT molecular complexity index is 290. The lowest BCUT2D eigenvalue weighted by molar-refractivity contribution is -0.156. The van der Waals surface area contributed by atoms with Gasteiger partial charge < -0.3 is 19.5 Å². The number of alkyl carbamates (subject to hydrolysis) is 1.